The molecule has 0 aromatic rings. The molecule has 0 bridgehead atoms. The third-order valence-electron chi connectivity index (χ3n) is 3.14. The Morgan fingerprint density at radius 2 is 1.94 bits per heavy atom. The Bertz CT molecular complexity index is 521. The van der Waals surface area contributed by atoms with Crippen molar-refractivity contribution in [3.63, 3.8) is 0 Å². The van der Waals surface area contributed by atoms with Crippen molar-refractivity contribution in [2.24, 2.45) is 5.73 Å². The number of hydrogen-bond acceptors (Lipinski definition) is 4. The molecule has 1 aliphatic heterocycles. The summed E-state index contributed by atoms with van der Waals surface area (Å²) in [7, 11) is -3.34. The zero-order valence-corrected chi connectivity index (χ0v) is 10.6. The van der Waals surface area contributed by atoms with Gasteiger partial charge in [0.25, 0.3) is 5.92 Å². The van der Waals surface area contributed by atoms with E-state index >= 15 is 0 Å². The van der Waals surface area contributed by atoms with Gasteiger partial charge >= 0.3 is 0 Å². The number of amides is 1. The summed E-state index contributed by atoms with van der Waals surface area (Å²) in [6, 6.07) is 0. The molecule has 0 aromatic carbocycles. The number of carbonyl (C=O) groups excluding carboxylic acids is 1. The first-order valence-electron chi connectivity index (χ1n) is 5.37. The average molecular weight is 280 g/mol. The molecule has 1 unspecified atom stereocenters. The maximum absolute atomic E-state index is 12.8. The Hall–Kier alpha value is -1.02. The van der Waals surface area contributed by atoms with Crippen LogP contribution < -0.4 is 11.1 Å². The van der Waals surface area contributed by atoms with Crippen LogP contribution in [0.15, 0.2) is 11.5 Å². The highest BCUT2D eigenvalue weighted by molar-refractivity contribution is 7.94. The van der Waals surface area contributed by atoms with Crippen LogP contribution in [-0.4, -0.2) is 37.1 Å². The standard InChI is InChI=1S/C10H14F2N2O3S/c1-8(2-3-18(16,17)6-8)14-7(15)9(13)4-10(11,12)5-9/h2-3H,4-6,13H2,1H3,(H,14,15). The molecule has 0 saturated heterocycles. The number of nitrogens with one attached hydrogen (secondary N) is 1. The summed E-state index contributed by atoms with van der Waals surface area (Å²) >= 11 is 0. The topological polar surface area (TPSA) is 89.3 Å². The summed E-state index contributed by atoms with van der Waals surface area (Å²) in [5.74, 6) is -3.93. The third kappa shape index (κ3) is 2.39. The van der Waals surface area contributed by atoms with Crippen molar-refractivity contribution in [3.8, 4) is 0 Å². The Labute approximate surface area is 103 Å². The molecule has 0 radical (unpaired) electrons. The molecule has 0 spiro atoms. The van der Waals surface area contributed by atoms with Gasteiger partial charge in [-0.15, -0.1) is 0 Å². The first-order valence-corrected chi connectivity index (χ1v) is 7.08. The van der Waals surface area contributed by atoms with E-state index in [0.717, 1.165) is 5.41 Å². The first kappa shape index (κ1) is 13.4. The SMILES string of the molecule is CC1(NC(=O)C2(N)CC(F)(F)C2)C=CS(=O)(=O)C1. The molecule has 1 atom stereocenters. The van der Waals surface area contributed by atoms with E-state index in [1.54, 1.807) is 0 Å². The lowest BCUT2D eigenvalue weighted by atomic mass is 9.73. The van der Waals surface area contributed by atoms with E-state index in [2.05, 4.69) is 5.32 Å². The van der Waals surface area contributed by atoms with E-state index < -0.39 is 45.6 Å². The van der Waals surface area contributed by atoms with Gasteiger partial charge in [-0.1, -0.05) is 0 Å². The predicted molar refractivity (Wildman–Crippen MR) is 60.6 cm³/mol. The van der Waals surface area contributed by atoms with Crippen molar-refractivity contribution in [3.05, 3.63) is 11.5 Å². The average Bonchev–Trinajstić information content (AvgIpc) is 2.36. The van der Waals surface area contributed by atoms with Crippen LogP contribution in [0.4, 0.5) is 8.78 Å². The lowest BCUT2D eigenvalue weighted by Crippen LogP contribution is -2.68. The molecule has 2 aliphatic rings. The molecule has 1 fully saturated rings. The van der Waals surface area contributed by atoms with E-state index in [0.29, 0.717) is 0 Å². The molecule has 5 nitrogen and oxygen atoms in total. The number of alkyl halides is 2. The molecular formula is C10H14F2N2O3S. The van der Waals surface area contributed by atoms with Crippen molar-refractivity contribution < 1.29 is 22.0 Å². The smallest absolute Gasteiger partial charge is 0.252 e. The highest BCUT2D eigenvalue weighted by Crippen LogP contribution is 2.44. The van der Waals surface area contributed by atoms with Crippen LogP contribution in [0.25, 0.3) is 0 Å². The minimum absolute atomic E-state index is 0.280. The normalized spacial score (nSPS) is 34.9. The molecule has 18 heavy (non-hydrogen) atoms. The van der Waals surface area contributed by atoms with Gasteiger partial charge in [0.05, 0.1) is 11.3 Å². The maximum atomic E-state index is 12.8. The molecule has 8 heteroatoms. The predicted octanol–water partition coefficient (Wildman–Crippen LogP) is -0.0700. The van der Waals surface area contributed by atoms with Crippen LogP contribution in [0.3, 0.4) is 0 Å². The largest absolute Gasteiger partial charge is 0.345 e. The molecule has 102 valence electrons. The van der Waals surface area contributed by atoms with E-state index in [4.69, 9.17) is 5.73 Å². The second-order valence-corrected chi connectivity index (χ2v) is 7.23. The zero-order chi connectivity index (χ0) is 13.8. The number of rotatable bonds is 2. The fourth-order valence-corrected chi connectivity index (χ4v) is 3.87. The third-order valence-corrected chi connectivity index (χ3v) is 4.70. The molecule has 1 saturated carbocycles. The Kier molecular flexibility index (Phi) is 2.61. The Morgan fingerprint density at radius 3 is 2.33 bits per heavy atom. The fourth-order valence-electron chi connectivity index (χ4n) is 2.26. The number of nitrogens with two attached hydrogens (primary N) is 1. The zero-order valence-electron chi connectivity index (χ0n) is 9.74. The lowest BCUT2D eigenvalue weighted by molar-refractivity contribution is -0.157. The molecule has 3 N–H and O–H groups in total. The van der Waals surface area contributed by atoms with E-state index in [1.165, 1.54) is 13.0 Å². The van der Waals surface area contributed by atoms with Crippen molar-refractivity contribution in [1.82, 2.24) is 5.32 Å². The van der Waals surface area contributed by atoms with E-state index in [1.807, 2.05) is 0 Å². The lowest BCUT2D eigenvalue weighted by Gasteiger charge is -2.44. The van der Waals surface area contributed by atoms with Crippen LogP contribution in [0.2, 0.25) is 0 Å². The quantitative estimate of drug-likeness (QED) is 0.741. The summed E-state index contributed by atoms with van der Waals surface area (Å²) in [6.45, 7) is 1.51. The van der Waals surface area contributed by atoms with Gasteiger partial charge in [-0.05, 0) is 13.0 Å². The second-order valence-electron chi connectivity index (χ2n) is 5.35. The number of hydrogen-bond donors (Lipinski definition) is 2. The minimum Gasteiger partial charge on any atom is -0.345 e. The van der Waals surface area contributed by atoms with E-state index in [9.17, 15) is 22.0 Å². The van der Waals surface area contributed by atoms with Crippen LogP contribution in [0.5, 0.6) is 0 Å². The van der Waals surface area contributed by atoms with Gasteiger partial charge in [0.15, 0.2) is 9.84 Å². The second kappa shape index (κ2) is 3.51. The molecule has 1 amide bonds. The van der Waals surface area contributed by atoms with Gasteiger partial charge in [0, 0.05) is 18.2 Å². The highest BCUT2D eigenvalue weighted by Gasteiger charge is 2.59. The number of halogens is 2. The van der Waals surface area contributed by atoms with Crippen molar-refractivity contribution >= 4 is 15.7 Å². The first-order chi connectivity index (χ1) is 7.96. The van der Waals surface area contributed by atoms with Gasteiger partial charge in [-0.2, -0.15) is 0 Å². The molecular weight excluding hydrogens is 266 g/mol. The van der Waals surface area contributed by atoms with Gasteiger partial charge in [0.1, 0.15) is 5.54 Å². The number of sulfone groups is 1. The molecule has 1 heterocycles. The summed E-state index contributed by atoms with van der Waals surface area (Å²) in [4.78, 5) is 11.8. The molecule has 2 rings (SSSR count). The molecule has 1 aliphatic carbocycles. The minimum atomic E-state index is -3.34. The van der Waals surface area contributed by atoms with Gasteiger partial charge in [0.2, 0.25) is 5.91 Å². The molecule has 0 aromatic heterocycles. The van der Waals surface area contributed by atoms with Crippen LogP contribution >= 0.6 is 0 Å². The highest BCUT2D eigenvalue weighted by atomic mass is 32.2. The van der Waals surface area contributed by atoms with Crippen LogP contribution in [0.1, 0.15) is 19.8 Å². The van der Waals surface area contributed by atoms with Gasteiger partial charge in [-0.3, -0.25) is 4.79 Å². The van der Waals surface area contributed by atoms with Crippen LogP contribution in [0, 0.1) is 0 Å². The van der Waals surface area contributed by atoms with Gasteiger partial charge in [-0.25, -0.2) is 17.2 Å². The fraction of sp³-hybridized carbons (Fsp3) is 0.700. The Morgan fingerprint density at radius 1 is 1.39 bits per heavy atom. The monoisotopic (exact) mass is 280 g/mol. The summed E-state index contributed by atoms with van der Waals surface area (Å²) in [5, 5.41) is 3.43. The number of carbonyl (C=O) groups is 1. The van der Waals surface area contributed by atoms with Crippen molar-refractivity contribution in [1.29, 1.82) is 0 Å². The summed E-state index contributed by atoms with van der Waals surface area (Å²) < 4.78 is 48.1. The Balaban J connectivity index is 2.04. The van der Waals surface area contributed by atoms with Gasteiger partial charge < -0.3 is 11.1 Å². The maximum Gasteiger partial charge on any atom is 0.252 e. The van der Waals surface area contributed by atoms with Crippen LogP contribution in [-0.2, 0) is 14.6 Å². The van der Waals surface area contributed by atoms with Crippen molar-refractivity contribution in [2.75, 3.05) is 5.75 Å². The van der Waals surface area contributed by atoms with Crippen molar-refractivity contribution in [2.45, 2.75) is 36.8 Å². The summed E-state index contributed by atoms with van der Waals surface area (Å²) in [6.07, 6.45) is -0.0862. The summed E-state index contributed by atoms with van der Waals surface area (Å²) in [5.41, 5.74) is 2.88. The van der Waals surface area contributed by atoms with E-state index in [-0.39, 0.29) is 5.75 Å².